The Morgan fingerprint density at radius 2 is 2.08 bits per heavy atom. The van der Waals surface area contributed by atoms with Crippen molar-refractivity contribution in [1.29, 1.82) is 0 Å². The largest absolute Gasteiger partial charge is 0.340 e. The summed E-state index contributed by atoms with van der Waals surface area (Å²) in [5.74, 6) is -0.407. The number of nitrogens with one attached hydrogen (secondary N) is 1. The summed E-state index contributed by atoms with van der Waals surface area (Å²) < 4.78 is 1.76. The molecule has 2 heterocycles. The Morgan fingerprint density at radius 1 is 1.46 bits per heavy atom. The summed E-state index contributed by atoms with van der Waals surface area (Å²) in [6, 6.07) is 1.15. The van der Waals surface area contributed by atoms with Crippen LogP contribution in [0.1, 0.15) is 29.2 Å². The number of halogens is 1. The predicted octanol–water partition coefficient (Wildman–Crippen LogP) is 1.29. The molecular formula is C15H24ClN5O2S. The van der Waals surface area contributed by atoms with Crippen LogP contribution in [0.15, 0.2) is 6.07 Å². The van der Waals surface area contributed by atoms with E-state index < -0.39 is 6.04 Å². The fourth-order valence-electron chi connectivity index (χ4n) is 2.33. The lowest BCUT2D eigenvalue weighted by atomic mass is 10.2. The second-order valence-corrected chi connectivity index (χ2v) is 6.80. The SMILES string of the molecule is Cc1nn(C)c2sc(C(=O)NC(C)C(=O)N(C)C(C)CN)cc12.Cl. The molecule has 2 aromatic heterocycles. The molecule has 0 spiro atoms. The summed E-state index contributed by atoms with van der Waals surface area (Å²) in [6.45, 7) is 5.84. The van der Waals surface area contributed by atoms with Crippen LogP contribution >= 0.6 is 23.7 Å². The summed E-state index contributed by atoms with van der Waals surface area (Å²) in [6.07, 6.45) is 0. The number of aryl methyl sites for hydroxylation is 2. The Labute approximate surface area is 151 Å². The van der Waals surface area contributed by atoms with E-state index in [9.17, 15) is 9.59 Å². The normalized spacial score (nSPS) is 13.2. The topological polar surface area (TPSA) is 93.2 Å². The Hall–Kier alpha value is -1.64. The van der Waals surface area contributed by atoms with E-state index in [4.69, 9.17) is 5.73 Å². The van der Waals surface area contributed by atoms with Crippen LogP contribution in [-0.4, -0.2) is 52.2 Å². The number of thiophene rings is 1. The molecule has 0 saturated carbocycles. The molecule has 0 fully saturated rings. The molecule has 3 N–H and O–H groups in total. The average molecular weight is 374 g/mol. The molecule has 2 unspecified atom stereocenters. The van der Waals surface area contributed by atoms with Crippen LogP contribution in [-0.2, 0) is 11.8 Å². The van der Waals surface area contributed by atoms with Gasteiger partial charge in [0.05, 0.1) is 10.6 Å². The molecule has 0 radical (unpaired) electrons. The summed E-state index contributed by atoms with van der Waals surface area (Å²) >= 11 is 1.37. The molecule has 2 aromatic rings. The zero-order valence-electron chi connectivity index (χ0n) is 14.5. The molecule has 7 nitrogen and oxygen atoms in total. The van der Waals surface area contributed by atoms with Crippen LogP contribution in [0.3, 0.4) is 0 Å². The zero-order chi connectivity index (χ0) is 17.3. The number of amides is 2. The van der Waals surface area contributed by atoms with Crippen molar-refractivity contribution in [3.8, 4) is 0 Å². The van der Waals surface area contributed by atoms with Gasteiger partial charge in [-0.15, -0.1) is 23.7 Å². The van der Waals surface area contributed by atoms with Crippen molar-refractivity contribution in [1.82, 2.24) is 20.0 Å². The number of nitrogens with zero attached hydrogens (tertiary/aromatic N) is 3. The standard InChI is InChI=1S/C15H23N5O2S.ClH/c1-8(7-16)19(4)14(22)10(3)17-13(21)12-6-11-9(2)18-20(5)15(11)23-12;/h6,8,10H,7,16H2,1-5H3,(H,17,21);1H. The van der Waals surface area contributed by atoms with Crippen molar-refractivity contribution in [3.05, 3.63) is 16.6 Å². The maximum Gasteiger partial charge on any atom is 0.262 e. The summed E-state index contributed by atoms with van der Waals surface area (Å²) in [4.78, 5) is 27.8. The smallest absolute Gasteiger partial charge is 0.262 e. The minimum absolute atomic E-state index is 0. The molecule has 2 atom stereocenters. The van der Waals surface area contributed by atoms with Gasteiger partial charge in [0.2, 0.25) is 5.91 Å². The van der Waals surface area contributed by atoms with Crippen molar-refractivity contribution >= 4 is 45.8 Å². The van der Waals surface area contributed by atoms with Gasteiger partial charge >= 0.3 is 0 Å². The maximum atomic E-state index is 12.4. The van der Waals surface area contributed by atoms with E-state index in [1.807, 2.05) is 27.0 Å². The summed E-state index contributed by atoms with van der Waals surface area (Å²) in [5.41, 5.74) is 6.46. The monoisotopic (exact) mass is 373 g/mol. The molecule has 134 valence electrons. The van der Waals surface area contributed by atoms with Crippen molar-refractivity contribution in [2.75, 3.05) is 13.6 Å². The lowest BCUT2D eigenvalue weighted by Crippen LogP contribution is -2.49. The number of hydrogen-bond acceptors (Lipinski definition) is 5. The van der Waals surface area contributed by atoms with Crippen molar-refractivity contribution in [3.63, 3.8) is 0 Å². The Morgan fingerprint density at radius 3 is 2.62 bits per heavy atom. The minimum atomic E-state index is -0.606. The third kappa shape index (κ3) is 3.88. The Bertz CT molecular complexity index is 707. The van der Waals surface area contributed by atoms with Gasteiger partial charge in [-0.25, -0.2) is 0 Å². The number of carbonyl (C=O) groups excluding carboxylic acids is 2. The maximum absolute atomic E-state index is 12.4. The number of aromatic nitrogens is 2. The van der Waals surface area contributed by atoms with Crippen LogP contribution in [0.2, 0.25) is 0 Å². The highest BCUT2D eigenvalue weighted by Gasteiger charge is 2.24. The number of carbonyl (C=O) groups is 2. The van der Waals surface area contributed by atoms with Gasteiger partial charge in [-0.2, -0.15) is 5.10 Å². The molecule has 0 bridgehead atoms. The average Bonchev–Trinajstić information content (AvgIpc) is 3.07. The third-order valence-electron chi connectivity index (χ3n) is 3.99. The quantitative estimate of drug-likeness (QED) is 0.825. The predicted molar refractivity (Wildman–Crippen MR) is 98.8 cm³/mol. The van der Waals surface area contributed by atoms with Crippen LogP contribution < -0.4 is 11.1 Å². The highest BCUT2D eigenvalue weighted by Crippen LogP contribution is 2.27. The minimum Gasteiger partial charge on any atom is -0.340 e. The highest BCUT2D eigenvalue weighted by molar-refractivity contribution is 7.20. The van der Waals surface area contributed by atoms with Crippen molar-refractivity contribution in [2.24, 2.45) is 12.8 Å². The van der Waals surface area contributed by atoms with Crippen LogP contribution in [0.4, 0.5) is 0 Å². The number of rotatable bonds is 5. The second-order valence-electron chi connectivity index (χ2n) is 5.77. The number of likely N-dealkylation sites (N-methyl/N-ethyl adjacent to an activating group) is 1. The molecule has 0 saturated heterocycles. The number of hydrogen-bond donors (Lipinski definition) is 2. The molecule has 2 rings (SSSR count). The van der Waals surface area contributed by atoms with Crippen LogP contribution in [0.5, 0.6) is 0 Å². The first-order valence-corrected chi connectivity index (χ1v) is 8.28. The first kappa shape index (κ1) is 20.4. The molecule has 9 heteroatoms. The molecule has 24 heavy (non-hydrogen) atoms. The van der Waals surface area contributed by atoms with Gasteiger partial charge in [-0.05, 0) is 26.8 Å². The van der Waals surface area contributed by atoms with Crippen molar-refractivity contribution < 1.29 is 9.59 Å². The van der Waals surface area contributed by atoms with E-state index in [1.165, 1.54) is 11.3 Å². The van der Waals surface area contributed by atoms with E-state index >= 15 is 0 Å². The molecule has 0 aliphatic rings. The fraction of sp³-hybridized carbons (Fsp3) is 0.533. The van der Waals surface area contributed by atoms with Crippen LogP contribution in [0, 0.1) is 6.92 Å². The van der Waals surface area contributed by atoms with E-state index in [1.54, 1.807) is 23.6 Å². The van der Waals surface area contributed by atoms with Gasteiger partial charge < -0.3 is 16.0 Å². The summed E-state index contributed by atoms with van der Waals surface area (Å²) in [5, 5.41) is 8.04. The van der Waals surface area contributed by atoms with Gasteiger partial charge in [-0.3, -0.25) is 14.3 Å². The third-order valence-corrected chi connectivity index (χ3v) is 5.19. The van der Waals surface area contributed by atoms with E-state index in [0.717, 1.165) is 15.9 Å². The lowest BCUT2D eigenvalue weighted by Gasteiger charge is -2.26. The van der Waals surface area contributed by atoms with Gasteiger partial charge in [0.1, 0.15) is 10.9 Å². The molecule has 0 aromatic carbocycles. The zero-order valence-corrected chi connectivity index (χ0v) is 16.1. The number of nitrogens with two attached hydrogens (primary N) is 1. The first-order chi connectivity index (χ1) is 10.8. The number of fused-ring (bicyclic) bond motifs is 1. The molecule has 0 aliphatic heterocycles. The van der Waals surface area contributed by atoms with E-state index in [-0.39, 0.29) is 30.3 Å². The Kier molecular flexibility index (Phi) is 6.76. The van der Waals surface area contributed by atoms with Gasteiger partial charge in [0.15, 0.2) is 0 Å². The van der Waals surface area contributed by atoms with Crippen molar-refractivity contribution in [2.45, 2.75) is 32.9 Å². The fourth-order valence-corrected chi connectivity index (χ4v) is 3.35. The molecular weight excluding hydrogens is 350 g/mol. The van der Waals surface area contributed by atoms with Gasteiger partial charge in [0, 0.05) is 32.1 Å². The highest BCUT2D eigenvalue weighted by atomic mass is 35.5. The Balaban J connectivity index is 0.00000288. The lowest BCUT2D eigenvalue weighted by molar-refractivity contribution is -0.133. The second kappa shape index (κ2) is 7.96. The van der Waals surface area contributed by atoms with Crippen LogP contribution in [0.25, 0.3) is 10.2 Å². The van der Waals surface area contributed by atoms with Gasteiger partial charge in [-0.1, -0.05) is 0 Å². The molecule has 2 amide bonds. The molecule has 0 aliphatic carbocycles. The first-order valence-electron chi connectivity index (χ1n) is 7.47. The summed E-state index contributed by atoms with van der Waals surface area (Å²) in [7, 11) is 3.54. The van der Waals surface area contributed by atoms with E-state index in [2.05, 4.69) is 10.4 Å². The van der Waals surface area contributed by atoms with Gasteiger partial charge in [0.25, 0.3) is 5.91 Å². The van der Waals surface area contributed by atoms with E-state index in [0.29, 0.717) is 11.4 Å².